The van der Waals surface area contributed by atoms with Crippen LogP contribution in [0.4, 0.5) is 10.6 Å². The summed E-state index contributed by atoms with van der Waals surface area (Å²) in [6.45, 7) is 6.75. The Morgan fingerprint density at radius 1 is 1.19 bits per heavy atom. The molecular formula is C26H31N3O3. The van der Waals surface area contributed by atoms with E-state index in [2.05, 4.69) is 22.1 Å². The number of amides is 2. The number of rotatable bonds is 2. The zero-order valence-corrected chi connectivity index (χ0v) is 19.0. The molecule has 168 valence electrons. The number of urea groups is 1. The fourth-order valence-corrected chi connectivity index (χ4v) is 4.45. The van der Waals surface area contributed by atoms with Crippen molar-refractivity contribution in [1.29, 1.82) is 0 Å². The van der Waals surface area contributed by atoms with Gasteiger partial charge in [0.05, 0.1) is 12.0 Å². The minimum Gasteiger partial charge on any atom is -0.392 e. The third kappa shape index (κ3) is 5.74. The smallest absolute Gasteiger partial charge is 0.323 e. The van der Waals surface area contributed by atoms with Crippen molar-refractivity contribution >= 4 is 17.6 Å². The zero-order valence-electron chi connectivity index (χ0n) is 19.0. The Morgan fingerprint density at radius 3 is 2.56 bits per heavy atom. The summed E-state index contributed by atoms with van der Waals surface area (Å²) in [7, 11) is 0. The normalized spacial score (nSPS) is 19.6. The number of nitrogens with one attached hydrogen (secondary N) is 1. The highest BCUT2D eigenvalue weighted by molar-refractivity contribution is 5.89. The molecule has 1 aliphatic rings. The summed E-state index contributed by atoms with van der Waals surface area (Å²) in [6, 6.07) is 9.08. The average Bonchev–Trinajstić information content (AvgIpc) is 2.75. The Labute approximate surface area is 190 Å². The summed E-state index contributed by atoms with van der Waals surface area (Å²) < 4.78 is 0. The number of hydrogen-bond acceptors (Lipinski definition) is 4. The lowest BCUT2D eigenvalue weighted by molar-refractivity contribution is -0.123. The van der Waals surface area contributed by atoms with Crippen LogP contribution in [0.5, 0.6) is 0 Å². The van der Waals surface area contributed by atoms with Crippen LogP contribution in [0, 0.1) is 25.7 Å². The number of aryl methyl sites for hydroxylation is 2. The lowest BCUT2D eigenvalue weighted by Crippen LogP contribution is -2.39. The van der Waals surface area contributed by atoms with E-state index in [1.54, 1.807) is 30.2 Å². The molecule has 6 heteroatoms. The lowest BCUT2D eigenvalue weighted by atomic mass is 9.80. The molecule has 0 spiro atoms. The molecule has 1 aromatic carbocycles. The van der Waals surface area contributed by atoms with Gasteiger partial charge in [-0.2, -0.15) is 0 Å². The maximum Gasteiger partial charge on any atom is 0.323 e. The molecule has 0 aliphatic carbocycles. The fraction of sp³-hybridized carbons (Fsp3) is 0.423. The van der Waals surface area contributed by atoms with Crippen LogP contribution < -0.4 is 5.32 Å². The second kappa shape index (κ2) is 10.9. The molecule has 1 saturated heterocycles. The molecular weight excluding hydrogens is 402 g/mol. The Kier molecular flexibility index (Phi) is 8.02. The van der Waals surface area contributed by atoms with E-state index in [9.17, 15) is 14.7 Å². The number of aliphatic hydroxyl groups is 1. The summed E-state index contributed by atoms with van der Waals surface area (Å²) in [5.41, 5.74) is 3.79. The van der Waals surface area contributed by atoms with Crippen molar-refractivity contribution in [2.24, 2.45) is 0 Å². The summed E-state index contributed by atoms with van der Waals surface area (Å²) >= 11 is 0. The van der Waals surface area contributed by atoms with Crippen LogP contribution >= 0.6 is 0 Å². The van der Waals surface area contributed by atoms with Gasteiger partial charge in [-0.25, -0.2) is 9.78 Å². The number of benzene rings is 1. The van der Waals surface area contributed by atoms with Gasteiger partial charge in [0.1, 0.15) is 11.6 Å². The average molecular weight is 434 g/mol. The third-order valence-electron chi connectivity index (χ3n) is 5.87. The van der Waals surface area contributed by atoms with Gasteiger partial charge in [-0.1, -0.05) is 12.0 Å². The van der Waals surface area contributed by atoms with E-state index in [0.29, 0.717) is 44.6 Å². The quantitative estimate of drug-likeness (QED) is 0.696. The summed E-state index contributed by atoms with van der Waals surface area (Å²) in [5, 5.41) is 13.8. The minimum absolute atomic E-state index is 0.0185. The van der Waals surface area contributed by atoms with Crippen molar-refractivity contribution in [3.05, 3.63) is 58.8 Å². The Bertz CT molecular complexity index is 1000. The monoisotopic (exact) mass is 433 g/mol. The van der Waals surface area contributed by atoms with E-state index in [1.807, 2.05) is 32.0 Å². The van der Waals surface area contributed by atoms with Crippen molar-refractivity contribution in [2.45, 2.75) is 58.5 Å². The van der Waals surface area contributed by atoms with Crippen LogP contribution in [0.3, 0.4) is 0 Å². The number of aliphatic hydroxyl groups excluding tert-OH is 1. The first kappa shape index (κ1) is 23.5. The van der Waals surface area contributed by atoms with Gasteiger partial charge in [0.2, 0.25) is 0 Å². The van der Waals surface area contributed by atoms with Crippen LogP contribution in [0.1, 0.15) is 60.8 Å². The highest BCUT2D eigenvalue weighted by atomic mass is 16.3. The number of hydrogen-bond donors (Lipinski definition) is 2. The number of ketones is 1. The summed E-state index contributed by atoms with van der Waals surface area (Å²) in [6.07, 6.45) is 2.75. The largest absolute Gasteiger partial charge is 0.392 e. The minimum atomic E-state index is -0.790. The second-order valence-corrected chi connectivity index (χ2v) is 8.29. The van der Waals surface area contributed by atoms with Crippen molar-refractivity contribution in [2.75, 3.05) is 18.4 Å². The van der Waals surface area contributed by atoms with Crippen LogP contribution in [0.2, 0.25) is 0 Å². The van der Waals surface area contributed by atoms with Crippen LogP contribution in [-0.2, 0) is 4.79 Å². The van der Waals surface area contributed by atoms with Gasteiger partial charge in [0, 0.05) is 31.3 Å². The highest BCUT2D eigenvalue weighted by Crippen LogP contribution is 2.32. The number of carbonyl (C=O) groups excluding carboxylic acids is 2. The molecule has 2 aromatic rings. The van der Waals surface area contributed by atoms with E-state index in [0.717, 1.165) is 22.3 Å². The van der Waals surface area contributed by atoms with Gasteiger partial charge in [0.25, 0.3) is 0 Å². The van der Waals surface area contributed by atoms with E-state index in [1.165, 1.54) is 0 Å². The van der Waals surface area contributed by atoms with E-state index in [-0.39, 0.29) is 11.8 Å². The van der Waals surface area contributed by atoms with Gasteiger partial charge in [-0.3, -0.25) is 10.1 Å². The van der Waals surface area contributed by atoms with Crippen molar-refractivity contribution in [3.63, 3.8) is 0 Å². The molecule has 0 radical (unpaired) electrons. The van der Waals surface area contributed by atoms with Gasteiger partial charge >= 0.3 is 6.03 Å². The molecule has 2 unspecified atom stereocenters. The van der Waals surface area contributed by atoms with Crippen molar-refractivity contribution in [1.82, 2.24) is 9.88 Å². The number of Topliss-reactive ketones (excluding diaryl/α,β-unsaturated/α-hetero) is 1. The first-order valence-corrected chi connectivity index (χ1v) is 11.1. The predicted octanol–water partition coefficient (Wildman–Crippen LogP) is 4.19. The Balaban J connectivity index is 1.74. The van der Waals surface area contributed by atoms with Gasteiger partial charge in [-0.05, 0) is 81.0 Å². The van der Waals surface area contributed by atoms with Gasteiger partial charge in [-0.15, -0.1) is 5.92 Å². The molecule has 0 bridgehead atoms. The van der Waals surface area contributed by atoms with E-state index in [4.69, 9.17) is 0 Å². The molecule has 1 aromatic heterocycles. The molecule has 2 atom stereocenters. The molecule has 2 heterocycles. The molecule has 32 heavy (non-hydrogen) atoms. The number of carbonyl (C=O) groups is 2. The summed E-state index contributed by atoms with van der Waals surface area (Å²) in [5.74, 6) is 5.94. The topological polar surface area (TPSA) is 82.5 Å². The summed E-state index contributed by atoms with van der Waals surface area (Å²) in [4.78, 5) is 31.7. The first-order valence-electron chi connectivity index (χ1n) is 11.1. The predicted molar refractivity (Wildman–Crippen MR) is 126 cm³/mol. The second-order valence-electron chi connectivity index (χ2n) is 8.29. The first-order chi connectivity index (χ1) is 15.4. The van der Waals surface area contributed by atoms with Crippen molar-refractivity contribution < 1.29 is 14.7 Å². The van der Waals surface area contributed by atoms with Crippen LogP contribution in [0.15, 0.2) is 36.5 Å². The standard InChI is InChI=1S/C26H31N3O3/c1-4-9-20-16-18(2)24(19(3)17-20)25-21(30)10-7-14-29(15-8-11-22(25)31)26(32)28-23-12-5-6-13-27-23/h5-6,12-13,16-17,21,25,30H,7-8,10-11,14-15H2,1-3H3,(H,27,28,32). The Hall–Kier alpha value is -3.17. The van der Waals surface area contributed by atoms with E-state index >= 15 is 0 Å². The fourth-order valence-electron chi connectivity index (χ4n) is 4.45. The van der Waals surface area contributed by atoms with Gasteiger partial charge in [0.15, 0.2) is 0 Å². The molecule has 1 aliphatic heterocycles. The number of anilines is 1. The SMILES string of the molecule is CC#Cc1cc(C)c(C2C(=O)CCCN(C(=O)Nc3ccccn3)CCCC2O)c(C)c1. The lowest BCUT2D eigenvalue weighted by Gasteiger charge is -2.29. The maximum absolute atomic E-state index is 13.2. The highest BCUT2D eigenvalue weighted by Gasteiger charge is 2.31. The maximum atomic E-state index is 13.2. The molecule has 2 amide bonds. The van der Waals surface area contributed by atoms with Gasteiger partial charge < -0.3 is 10.0 Å². The molecule has 0 saturated carbocycles. The molecule has 6 nitrogen and oxygen atoms in total. The molecule has 2 N–H and O–H groups in total. The Morgan fingerprint density at radius 2 is 1.91 bits per heavy atom. The van der Waals surface area contributed by atoms with Crippen molar-refractivity contribution in [3.8, 4) is 11.8 Å². The molecule has 3 rings (SSSR count). The number of aromatic nitrogens is 1. The number of nitrogens with zero attached hydrogens (tertiary/aromatic N) is 2. The zero-order chi connectivity index (χ0) is 23.1. The van der Waals surface area contributed by atoms with Crippen LogP contribution in [-0.4, -0.2) is 46.0 Å². The molecule has 1 fully saturated rings. The van der Waals surface area contributed by atoms with Crippen LogP contribution in [0.25, 0.3) is 0 Å². The third-order valence-corrected chi connectivity index (χ3v) is 5.87. The number of pyridine rings is 1. The van der Waals surface area contributed by atoms with E-state index < -0.39 is 12.0 Å².